The molecule has 2 aromatic carbocycles. The molecule has 5 heteroatoms. The van der Waals surface area contributed by atoms with Crippen molar-refractivity contribution in [1.82, 2.24) is 0 Å². The van der Waals surface area contributed by atoms with Gasteiger partial charge in [-0.15, -0.1) is 0 Å². The van der Waals surface area contributed by atoms with Crippen LogP contribution in [0, 0.1) is 0 Å². The first kappa shape index (κ1) is 15.7. The SMILES string of the molecule is CCc1ccc(N2C(=O)C[C@H](Nc3ccc(Br)cc3)C2=O)cc1. The lowest BCUT2D eigenvalue weighted by Gasteiger charge is -2.16. The Hall–Kier alpha value is -2.14. The lowest BCUT2D eigenvalue weighted by atomic mass is 10.1. The Morgan fingerprint density at radius 2 is 1.74 bits per heavy atom. The first-order valence-corrected chi connectivity index (χ1v) is 8.35. The second kappa shape index (κ2) is 6.54. The molecule has 0 aromatic heterocycles. The van der Waals surface area contributed by atoms with Gasteiger partial charge in [-0.05, 0) is 48.4 Å². The van der Waals surface area contributed by atoms with Crippen LogP contribution in [0.5, 0.6) is 0 Å². The van der Waals surface area contributed by atoms with Crippen molar-refractivity contribution in [2.24, 2.45) is 0 Å². The Morgan fingerprint density at radius 3 is 2.35 bits per heavy atom. The third-order valence-electron chi connectivity index (χ3n) is 3.93. The molecule has 23 heavy (non-hydrogen) atoms. The van der Waals surface area contributed by atoms with Crippen molar-refractivity contribution in [3.8, 4) is 0 Å². The van der Waals surface area contributed by atoms with Gasteiger partial charge < -0.3 is 5.32 Å². The molecule has 0 aliphatic carbocycles. The third-order valence-corrected chi connectivity index (χ3v) is 4.46. The van der Waals surface area contributed by atoms with E-state index in [1.807, 2.05) is 48.5 Å². The van der Waals surface area contributed by atoms with Crippen LogP contribution in [-0.2, 0) is 16.0 Å². The number of carbonyl (C=O) groups excluding carboxylic acids is 2. The summed E-state index contributed by atoms with van der Waals surface area (Å²) in [5, 5.41) is 3.14. The van der Waals surface area contributed by atoms with Gasteiger partial charge in [0.05, 0.1) is 12.1 Å². The van der Waals surface area contributed by atoms with E-state index in [1.54, 1.807) is 0 Å². The zero-order valence-corrected chi connectivity index (χ0v) is 14.3. The van der Waals surface area contributed by atoms with Gasteiger partial charge in [-0.25, -0.2) is 4.90 Å². The van der Waals surface area contributed by atoms with Crippen LogP contribution < -0.4 is 10.2 Å². The summed E-state index contributed by atoms with van der Waals surface area (Å²) < 4.78 is 0.967. The number of imide groups is 1. The molecule has 2 amide bonds. The predicted molar refractivity (Wildman–Crippen MR) is 94.5 cm³/mol. The summed E-state index contributed by atoms with van der Waals surface area (Å²) in [7, 11) is 0. The number of rotatable bonds is 4. The maximum absolute atomic E-state index is 12.6. The van der Waals surface area contributed by atoms with Gasteiger partial charge in [-0.3, -0.25) is 9.59 Å². The van der Waals surface area contributed by atoms with E-state index in [-0.39, 0.29) is 18.2 Å². The van der Waals surface area contributed by atoms with E-state index in [9.17, 15) is 9.59 Å². The van der Waals surface area contributed by atoms with E-state index in [0.717, 1.165) is 16.6 Å². The molecular formula is C18H17BrN2O2. The maximum Gasteiger partial charge on any atom is 0.256 e. The molecule has 0 unspecified atom stereocenters. The molecule has 0 bridgehead atoms. The molecule has 2 aromatic rings. The molecule has 1 atom stereocenters. The molecule has 1 heterocycles. The molecule has 1 N–H and O–H groups in total. The van der Waals surface area contributed by atoms with Gasteiger partial charge >= 0.3 is 0 Å². The number of aryl methyl sites for hydroxylation is 1. The molecular weight excluding hydrogens is 356 g/mol. The third kappa shape index (κ3) is 3.29. The van der Waals surface area contributed by atoms with Crippen molar-refractivity contribution in [2.45, 2.75) is 25.8 Å². The van der Waals surface area contributed by atoms with E-state index in [4.69, 9.17) is 0 Å². The average Bonchev–Trinajstić information content (AvgIpc) is 2.84. The number of amides is 2. The highest BCUT2D eigenvalue weighted by atomic mass is 79.9. The summed E-state index contributed by atoms with van der Waals surface area (Å²) in [5.41, 5.74) is 2.64. The number of hydrogen-bond acceptors (Lipinski definition) is 3. The molecule has 0 radical (unpaired) electrons. The Kier molecular flexibility index (Phi) is 4.48. The monoisotopic (exact) mass is 372 g/mol. The van der Waals surface area contributed by atoms with Crippen LogP contribution in [0.15, 0.2) is 53.0 Å². The number of hydrogen-bond donors (Lipinski definition) is 1. The highest BCUT2D eigenvalue weighted by Gasteiger charge is 2.39. The Morgan fingerprint density at radius 1 is 1.09 bits per heavy atom. The minimum Gasteiger partial charge on any atom is -0.373 e. The number of benzene rings is 2. The van der Waals surface area contributed by atoms with Crippen molar-refractivity contribution in [1.29, 1.82) is 0 Å². The van der Waals surface area contributed by atoms with Gasteiger partial charge in [0.15, 0.2) is 0 Å². The van der Waals surface area contributed by atoms with Gasteiger partial charge in [-0.2, -0.15) is 0 Å². The van der Waals surface area contributed by atoms with Crippen LogP contribution >= 0.6 is 15.9 Å². The Balaban J connectivity index is 1.77. The summed E-state index contributed by atoms with van der Waals surface area (Å²) >= 11 is 3.37. The lowest BCUT2D eigenvalue weighted by molar-refractivity contribution is -0.121. The van der Waals surface area contributed by atoms with Gasteiger partial charge in [0, 0.05) is 10.2 Å². The molecule has 1 saturated heterocycles. The van der Waals surface area contributed by atoms with E-state index in [0.29, 0.717) is 5.69 Å². The average molecular weight is 373 g/mol. The van der Waals surface area contributed by atoms with Crippen molar-refractivity contribution >= 4 is 39.1 Å². The van der Waals surface area contributed by atoms with E-state index < -0.39 is 6.04 Å². The number of anilines is 2. The van der Waals surface area contributed by atoms with Crippen molar-refractivity contribution in [3.63, 3.8) is 0 Å². The summed E-state index contributed by atoms with van der Waals surface area (Å²) in [6.07, 6.45) is 1.10. The molecule has 118 valence electrons. The maximum atomic E-state index is 12.6. The first-order chi connectivity index (χ1) is 11.1. The van der Waals surface area contributed by atoms with E-state index in [1.165, 1.54) is 10.5 Å². The van der Waals surface area contributed by atoms with Crippen LogP contribution in [0.25, 0.3) is 0 Å². The Labute approximate surface area is 143 Å². The van der Waals surface area contributed by atoms with Gasteiger partial charge in [0.25, 0.3) is 5.91 Å². The van der Waals surface area contributed by atoms with Gasteiger partial charge in [0.1, 0.15) is 6.04 Å². The number of nitrogens with one attached hydrogen (secondary N) is 1. The van der Waals surface area contributed by atoms with Crippen LogP contribution in [0.2, 0.25) is 0 Å². The zero-order chi connectivity index (χ0) is 16.4. The minimum absolute atomic E-state index is 0.171. The van der Waals surface area contributed by atoms with Crippen LogP contribution in [0.4, 0.5) is 11.4 Å². The summed E-state index contributed by atoms with van der Waals surface area (Å²) in [6.45, 7) is 2.07. The van der Waals surface area contributed by atoms with E-state index >= 15 is 0 Å². The molecule has 1 aliphatic rings. The van der Waals surface area contributed by atoms with Crippen molar-refractivity contribution in [3.05, 3.63) is 58.6 Å². The normalized spacial score (nSPS) is 17.7. The second-order valence-electron chi connectivity index (χ2n) is 5.50. The smallest absolute Gasteiger partial charge is 0.256 e. The second-order valence-corrected chi connectivity index (χ2v) is 6.41. The topological polar surface area (TPSA) is 49.4 Å². The van der Waals surface area contributed by atoms with Crippen molar-refractivity contribution in [2.75, 3.05) is 10.2 Å². The van der Waals surface area contributed by atoms with Crippen molar-refractivity contribution < 1.29 is 9.59 Å². The fourth-order valence-electron chi connectivity index (χ4n) is 2.64. The number of carbonyl (C=O) groups is 2. The standard InChI is InChI=1S/C18H17BrN2O2/c1-2-12-3-9-15(10-4-12)21-17(22)11-16(18(21)23)20-14-7-5-13(19)6-8-14/h3-10,16,20H,2,11H2,1H3/t16-/m0/s1. The quantitative estimate of drug-likeness (QED) is 0.831. The van der Waals surface area contributed by atoms with Crippen LogP contribution in [0.1, 0.15) is 18.9 Å². The highest BCUT2D eigenvalue weighted by Crippen LogP contribution is 2.25. The molecule has 1 fully saturated rings. The van der Waals surface area contributed by atoms with Crippen LogP contribution in [0.3, 0.4) is 0 Å². The molecule has 4 nitrogen and oxygen atoms in total. The van der Waals surface area contributed by atoms with Crippen LogP contribution in [-0.4, -0.2) is 17.9 Å². The summed E-state index contributed by atoms with van der Waals surface area (Å²) in [5.74, 6) is -0.379. The molecule has 1 aliphatic heterocycles. The fraction of sp³-hybridized carbons (Fsp3) is 0.222. The number of halogens is 1. The van der Waals surface area contributed by atoms with Gasteiger partial charge in [-0.1, -0.05) is 35.0 Å². The zero-order valence-electron chi connectivity index (χ0n) is 12.8. The Bertz CT molecular complexity index is 726. The highest BCUT2D eigenvalue weighted by molar-refractivity contribution is 9.10. The summed E-state index contributed by atoms with van der Waals surface area (Å²) in [4.78, 5) is 26.1. The minimum atomic E-state index is -0.519. The first-order valence-electron chi connectivity index (χ1n) is 7.56. The largest absolute Gasteiger partial charge is 0.373 e. The molecule has 0 saturated carbocycles. The predicted octanol–water partition coefficient (Wildman–Crippen LogP) is 3.76. The number of nitrogens with zero attached hydrogens (tertiary/aromatic N) is 1. The lowest BCUT2D eigenvalue weighted by Crippen LogP contribution is -2.34. The van der Waals surface area contributed by atoms with E-state index in [2.05, 4.69) is 28.2 Å². The molecule has 3 rings (SSSR count). The molecule has 0 spiro atoms. The van der Waals surface area contributed by atoms with Gasteiger partial charge in [0.2, 0.25) is 5.91 Å². The fourth-order valence-corrected chi connectivity index (χ4v) is 2.91. The summed E-state index contributed by atoms with van der Waals surface area (Å²) in [6, 6.07) is 14.6.